The van der Waals surface area contributed by atoms with Crippen LogP contribution in [0.5, 0.6) is 0 Å². The number of hydrogen-bond donors (Lipinski definition) is 2. The Balaban J connectivity index is 1.31. The molecule has 3 fully saturated rings. The van der Waals surface area contributed by atoms with Crippen LogP contribution in [-0.4, -0.2) is 60.3 Å². The Bertz CT molecular complexity index is 1380. The standard InChI is InChI=1S/C26H32F2N8O3/c1-3-18-12-35(25(38)30-18)23(16-4-5-16)17-10-20-31-19(13-36(20)29-11-17)22(15-6-8-26(27,28)9-7-15)32-24(37)21-14(2)33-39-34-21/h10-11,13,15-16,18,22-23H,3-9,12H2,1-2H3,(H,30,38)(H,32,37)/t18-,22+,23-/m1/s1. The number of carbonyl (C=O) groups is 2. The van der Waals surface area contributed by atoms with E-state index in [1.165, 1.54) is 0 Å². The van der Waals surface area contributed by atoms with Gasteiger partial charge in [0.25, 0.3) is 5.91 Å². The Labute approximate surface area is 223 Å². The lowest BCUT2D eigenvalue weighted by Gasteiger charge is -2.33. The fourth-order valence-corrected chi connectivity index (χ4v) is 5.91. The molecule has 0 bridgehead atoms. The quantitative estimate of drug-likeness (QED) is 0.440. The van der Waals surface area contributed by atoms with E-state index in [4.69, 9.17) is 4.98 Å². The van der Waals surface area contributed by atoms with E-state index in [1.54, 1.807) is 23.8 Å². The largest absolute Gasteiger partial charge is 0.342 e. The lowest BCUT2D eigenvalue weighted by molar-refractivity contribution is -0.0495. The van der Waals surface area contributed by atoms with Gasteiger partial charge >= 0.3 is 6.03 Å². The maximum absolute atomic E-state index is 14.0. The van der Waals surface area contributed by atoms with Crippen molar-refractivity contribution in [1.82, 2.24) is 40.4 Å². The lowest BCUT2D eigenvalue weighted by Crippen LogP contribution is -2.37. The molecule has 6 rings (SSSR count). The minimum Gasteiger partial charge on any atom is -0.342 e. The predicted molar refractivity (Wildman–Crippen MR) is 134 cm³/mol. The molecule has 1 aliphatic heterocycles. The van der Waals surface area contributed by atoms with Gasteiger partial charge in [0.2, 0.25) is 5.92 Å². The number of hydrogen-bond acceptors (Lipinski definition) is 7. The first-order valence-electron chi connectivity index (χ1n) is 13.6. The molecule has 2 saturated carbocycles. The molecule has 0 radical (unpaired) electrons. The number of halogens is 2. The van der Waals surface area contributed by atoms with E-state index < -0.39 is 17.9 Å². The van der Waals surface area contributed by atoms with Gasteiger partial charge in [0.05, 0.1) is 30.2 Å². The third kappa shape index (κ3) is 5.06. The topological polar surface area (TPSA) is 131 Å². The molecule has 0 spiro atoms. The highest BCUT2D eigenvalue weighted by molar-refractivity contribution is 5.93. The molecule has 13 heteroatoms. The first-order valence-corrected chi connectivity index (χ1v) is 13.6. The van der Waals surface area contributed by atoms with E-state index in [0.717, 1.165) is 24.8 Å². The molecule has 0 unspecified atom stereocenters. The fraction of sp³-hybridized carbons (Fsp3) is 0.615. The van der Waals surface area contributed by atoms with Crippen LogP contribution in [0.15, 0.2) is 23.1 Å². The zero-order valence-electron chi connectivity index (χ0n) is 21.9. The Hall–Kier alpha value is -3.64. The SMILES string of the molecule is CC[C@@H]1CN([C@@H](c2cnn3cc([C@@H](NC(=O)c4nonc4C)C4CCC(F)(F)CC4)nc3c2)C2CC2)C(=O)N1. The second-order valence-electron chi connectivity index (χ2n) is 11.1. The molecular formula is C26H32F2N8O3. The van der Waals surface area contributed by atoms with Crippen LogP contribution in [-0.2, 0) is 0 Å². The normalized spacial score (nSPS) is 23.1. The highest BCUT2D eigenvalue weighted by Crippen LogP contribution is 2.46. The van der Waals surface area contributed by atoms with E-state index in [1.807, 2.05) is 11.0 Å². The van der Waals surface area contributed by atoms with E-state index in [9.17, 15) is 18.4 Å². The van der Waals surface area contributed by atoms with Gasteiger partial charge in [0, 0.05) is 25.4 Å². The van der Waals surface area contributed by atoms with Crippen LogP contribution in [0.25, 0.3) is 5.65 Å². The van der Waals surface area contributed by atoms with Crippen molar-refractivity contribution in [3.63, 3.8) is 0 Å². The van der Waals surface area contributed by atoms with E-state index in [-0.39, 0.29) is 55.4 Å². The number of carbonyl (C=O) groups excluding carboxylic acids is 2. The number of imidazole rings is 1. The summed E-state index contributed by atoms with van der Waals surface area (Å²) in [5.74, 6) is -3.07. The maximum atomic E-state index is 14.0. The average Bonchev–Trinajstić information content (AvgIpc) is 3.31. The molecule has 0 aromatic carbocycles. The predicted octanol–water partition coefficient (Wildman–Crippen LogP) is 3.97. The Morgan fingerprint density at radius 2 is 2.00 bits per heavy atom. The van der Waals surface area contributed by atoms with Crippen LogP contribution in [0.4, 0.5) is 13.6 Å². The Kier molecular flexibility index (Phi) is 6.46. The zero-order valence-corrected chi connectivity index (χ0v) is 21.9. The number of aromatic nitrogens is 5. The van der Waals surface area contributed by atoms with Gasteiger partial charge in [0.15, 0.2) is 11.3 Å². The summed E-state index contributed by atoms with van der Waals surface area (Å²) in [6.45, 7) is 4.32. The summed E-state index contributed by atoms with van der Waals surface area (Å²) in [6.07, 6.45) is 6.46. The molecule has 2 aliphatic carbocycles. The van der Waals surface area contributed by atoms with Gasteiger partial charge in [-0.25, -0.2) is 27.7 Å². The van der Waals surface area contributed by atoms with E-state index in [0.29, 0.717) is 29.5 Å². The third-order valence-electron chi connectivity index (χ3n) is 8.31. The molecule has 2 N–H and O–H groups in total. The van der Waals surface area contributed by atoms with Crippen molar-refractivity contribution < 1.29 is 23.0 Å². The lowest BCUT2D eigenvalue weighted by atomic mass is 9.81. The third-order valence-corrected chi connectivity index (χ3v) is 8.31. The van der Waals surface area contributed by atoms with Gasteiger partial charge in [-0.05, 0) is 67.7 Å². The van der Waals surface area contributed by atoms with Gasteiger partial charge in [-0.1, -0.05) is 12.1 Å². The molecule has 1 saturated heterocycles. The van der Waals surface area contributed by atoms with Crippen LogP contribution in [0.1, 0.15) is 91.4 Å². The Morgan fingerprint density at radius 3 is 2.64 bits per heavy atom. The molecule has 3 amide bonds. The van der Waals surface area contributed by atoms with Gasteiger partial charge in [-0.3, -0.25) is 4.79 Å². The number of fused-ring (bicyclic) bond motifs is 1. The van der Waals surface area contributed by atoms with Gasteiger partial charge < -0.3 is 15.5 Å². The number of rotatable bonds is 8. The minimum absolute atomic E-state index is 0.0480. The number of alkyl halides is 2. The monoisotopic (exact) mass is 542 g/mol. The molecule has 11 nitrogen and oxygen atoms in total. The van der Waals surface area contributed by atoms with Crippen molar-refractivity contribution in [1.29, 1.82) is 0 Å². The first-order chi connectivity index (χ1) is 18.7. The van der Waals surface area contributed by atoms with Crippen molar-refractivity contribution in [3.8, 4) is 0 Å². The second-order valence-corrected chi connectivity index (χ2v) is 11.1. The summed E-state index contributed by atoms with van der Waals surface area (Å²) in [6, 6.07) is 1.30. The first kappa shape index (κ1) is 25.6. The molecule has 3 aromatic rings. The number of nitrogens with zero attached hydrogens (tertiary/aromatic N) is 6. The zero-order chi connectivity index (χ0) is 27.3. The second kappa shape index (κ2) is 9.83. The van der Waals surface area contributed by atoms with Crippen molar-refractivity contribution in [2.75, 3.05) is 6.54 Å². The van der Waals surface area contributed by atoms with Gasteiger partial charge in [-0.2, -0.15) is 5.10 Å². The number of urea groups is 1. The summed E-state index contributed by atoms with van der Waals surface area (Å²) in [5.41, 5.74) is 2.40. The smallest absolute Gasteiger partial charge is 0.318 e. The molecule has 208 valence electrons. The summed E-state index contributed by atoms with van der Waals surface area (Å²) in [4.78, 5) is 32.5. The van der Waals surface area contributed by atoms with Crippen molar-refractivity contribution >= 4 is 17.6 Å². The van der Waals surface area contributed by atoms with Crippen LogP contribution in [0.3, 0.4) is 0 Å². The molecule has 3 aromatic heterocycles. The summed E-state index contributed by atoms with van der Waals surface area (Å²) in [5, 5.41) is 18.0. The highest BCUT2D eigenvalue weighted by atomic mass is 19.3. The van der Waals surface area contributed by atoms with Crippen molar-refractivity contribution in [3.05, 3.63) is 41.1 Å². The van der Waals surface area contributed by atoms with Crippen molar-refractivity contribution in [2.45, 2.75) is 82.8 Å². The summed E-state index contributed by atoms with van der Waals surface area (Å²) >= 11 is 0. The fourth-order valence-electron chi connectivity index (χ4n) is 5.91. The van der Waals surface area contributed by atoms with Crippen LogP contribution in [0.2, 0.25) is 0 Å². The Morgan fingerprint density at radius 1 is 1.23 bits per heavy atom. The minimum atomic E-state index is -2.70. The van der Waals surface area contributed by atoms with E-state index in [2.05, 4.69) is 37.6 Å². The van der Waals surface area contributed by atoms with Crippen LogP contribution in [0, 0.1) is 18.8 Å². The number of nitrogens with one attached hydrogen (secondary N) is 2. The van der Waals surface area contributed by atoms with Gasteiger partial charge in [0.1, 0.15) is 5.69 Å². The van der Waals surface area contributed by atoms with Gasteiger partial charge in [-0.15, -0.1) is 0 Å². The number of aryl methyl sites for hydroxylation is 1. The molecule has 3 aliphatic rings. The number of amides is 3. The molecular weight excluding hydrogens is 510 g/mol. The maximum Gasteiger partial charge on any atom is 0.318 e. The molecule has 39 heavy (non-hydrogen) atoms. The van der Waals surface area contributed by atoms with Crippen LogP contribution >= 0.6 is 0 Å². The van der Waals surface area contributed by atoms with Crippen molar-refractivity contribution in [2.24, 2.45) is 11.8 Å². The summed E-state index contributed by atoms with van der Waals surface area (Å²) < 4.78 is 34.2. The highest BCUT2D eigenvalue weighted by Gasteiger charge is 2.43. The summed E-state index contributed by atoms with van der Waals surface area (Å²) in [7, 11) is 0. The molecule has 3 atom stereocenters. The average molecular weight is 543 g/mol. The molecule has 4 heterocycles. The van der Waals surface area contributed by atoms with Crippen LogP contribution < -0.4 is 10.6 Å². The van der Waals surface area contributed by atoms with E-state index >= 15 is 0 Å².